The maximum absolute atomic E-state index is 13.6. The minimum absolute atomic E-state index is 0.198. The Morgan fingerprint density at radius 1 is 1.17 bits per heavy atom. The Morgan fingerprint density at radius 3 is 2.52 bits per heavy atom. The first-order valence-electron chi connectivity index (χ1n) is 9.63. The zero-order valence-electron chi connectivity index (χ0n) is 16.6. The fourth-order valence-electron chi connectivity index (χ4n) is 3.81. The summed E-state index contributed by atoms with van der Waals surface area (Å²) in [5, 5.41) is 2.80. The molecule has 3 rings (SSSR count). The second-order valence-electron chi connectivity index (χ2n) is 7.30. The Balaban J connectivity index is 1.87. The third-order valence-electron chi connectivity index (χ3n) is 5.03. The average molecular weight is 420 g/mol. The number of nitrogens with zero attached hydrogens (tertiary/aromatic N) is 1. The van der Waals surface area contributed by atoms with E-state index in [-0.39, 0.29) is 23.9 Å². The van der Waals surface area contributed by atoms with E-state index in [1.165, 1.54) is 12.1 Å². The predicted octanol–water partition coefficient (Wildman–Crippen LogP) is 2.76. The highest BCUT2D eigenvalue weighted by molar-refractivity contribution is 7.88. The SMILES string of the molecule is CCNC(=O)N1CC[C@H](NS(C)(=O)=O)[C@@H]1Cc1cccc(-c2cccc(F)c2)c1. The first kappa shape index (κ1) is 21.3. The Bertz CT molecular complexity index is 981. The van der Waals surface area contributed by atoms with Crippen LogP contribution in [-0.2, 0) is 16.4 Å². The van der Waals surface area contributed by atoms with Crippen LogP contribution in [0.25, 0.3) is 11.1 Å². The molecule has 2 N–H and O–H groups in total. The van der Waals surface area contributed by atoms with E-state index in [0.717, 1.165) is 22.9 Å². The second-order valence-corrected chi connectivity index (χ2v) is 9.08. The van der Waals surface area contributed by atoms with Crippen molar-refractivity contribution in [3.05, 3.63) is 59.9 Å². The van der Waals surface area contributed by atoms with Gasteiger partial charge in [-0.1, -0.05) is 36.4 Å². The minimum atomic E-state index is -3.40. The van der Waals surface area contributed by atoms with Gasteiger partial charge in [0.1, 0.15) is 5.82 Å². The lowest BCUT2D eigenvalue weighted by atomic mass is 9.97. The van der Waals surface area contributed by atoms with E-state index in [1.807, 2.05) is 37.3 Å². The van der Waals surface area contributed by atoms with Gasteiger partial charge in [-0.2, -0.15) is 0 Å². The molecule has 2 atom stereocenters. The first-order valence-corrected chi connectivity index (χ1v) is 11.5. The summed E-state index contributed by atoms with van der Waals surface area (Å²) in [6.45, 7) is 2.83. The van der Waals surface area contributed by atoms with Crippen molar-refractivity contribution in [3.8, 4) is 11.1 Å². The number of rotatable bonds is 6. The molecular weight excluding hydrogens is 393 g/mol. The summed E-state index contributed by atoms with van der Waals surface area (Å²) in [6, 6.07) is 13.2. The van der Waals surface area contributed by atoms with Crippen molar-refractivity contribution in [2.75, 3.05) is 19.3 Å². The number of urea groups is 1. The summed E-state index contributed by atoms with van der Waals surface area (Å²) in [5.41, 5.74) is 2.59. The van der Waals surface area contributed by atoms with Crippen molar-refractivity contribution in [3.63, 3.8) is 0 Å². The zero-order chi connectivity index (χ0) is 21.0. The number of hydrogen-bond acceptors (Lipinski definition) is 3. The number of halogens is 1. The van der Waals surface area contributed by atoms with Crippen molar-refractivity contribution in [1.82, 2.24) is 14.9 Å². The van der Waals surface area contributed by atoms with Crippen molar-refractivity contribution in [2.24, 2.45) is 0 Å². The van der Waals surface area contributed by atoms with Crippen molar-refractivity contribution in [1.29, 1.82) is 0 Å². The summed E-state index contributed by atoms with van der Waals surface area (Å²) in [6.07, 6.45) is 2.18. The largest absolute Gasteiger partial charge is 0.338 e. The van der Waals surface area contributed by atoms with Crippen LogP contribution in [0.15, 0.2) is 48.5 Å². The van der Waals surface area contributed by atoms with Crippen LogP contribution in [0.4, 0.5) is 9.18 Å². The summed E-state index contributed by atoms with van der Waals surface area (Å²) >= 11 is 0. The Kier molecular flexibility index (Phi) is 6.54. The van der Waals surface area contributed by atoms with Crippen LogP contribution in [0.5, 0.6) is 0 Å². The molecule has 156 valence electrons. The van der Waals surface area contributed by atoms with Crippen LogP contribution in [0.3, 0.4) is 0 Å². The van der Waals surface area contributed by atoms with Crippen molar-refractivity contribution >= 4 is 16.1 Å². The Morgan fingerprint density at radius 2 is 1.86 bits per heavy atom. The molecular formula is C21H26FN3O3S. The second kappa shape index (κ2) is 8.92. The van der Waals surface area contributed by atoms with Crippen LogP contribution < -0.4 is 10.0 Å². The highest BCUT2D eigenvalue weighted by atomic mass is 32.2. The smallest absolute Gasteiger partial charge is 0.317 e. The van der Waals surface area contributed by atoms with E-state index >= 15 is 0 Å². The molecule has 0 saturated carbocycles. The molecule has 1 aliphatic heterocycles. The summed E-state index contributed by atoms with van der Waals surface area (Å²) < 4.78 is 39.8. The molecule has 8 heteroatoms. The first-order chi connectivity index (χ1) is 13.8. The molecule has 1 heterocycles. The summed E-state index contributed by atoms with van der Waals surface area (Å²) in [5.74, 6) is -0.302. The van der Waals surface area contributed by atoms with E-state index in [4.69, 9.17) is 0 Å². The minimum Gasteiger partial charge on any atom is -0.338 e. The van der Waals surface area contributed by atoms with Gasteiger partial charge >= 0.3 is 6.03 Å². The van der Waals surface area contributed by atoms with Crippen molar-refractivity contribution in [2.45, 2.75) is 31.8 Å². The third-order valence-corrected chi connectivity index (χ3v) is 5.76. The molecule has 1 aliphatic rings. The zero-order valence-corrected chi connectivity index (χ0v) is 17.4. The van der Waals surface area contributed by atoms with Gasteiger partial charge in [0.05, 0.1) is 12.3 Å². The summed E-state index contributed by atoms with van der Waals surface area (Å²) in [7, 11) is -3.40. The van der Waals surface area contributed by atoms with Crippen LogP contribution in [0.1, 0.15) is 18.9 Å². The van der Waals surface area contributed by atoms with Gasteiger partial charge in [0, 0.05) is 19.1 Å². The van der Waals surface area contributed by atoms with Gasteiger partial charge in [0.15, 0.2) is 0 Å². The lowest BCUT2D eigenvalue weighted by molar-refractivity contribution is 0.189. The predicted molar refractivity (Wildman–Crippen MR) is 111 cm³/mol. The van der Waals surface area contributed by atoms with Gasteiger partial charge < -0.3 is 10.2 Å². The number of benzene rings is 2. The molecule has 2 aromatic rings. The number of carbonyl (C=O) groups is 1. The monoisotopic (exact) mass is 419 g/mol. The lowest BCUT2D eigenvalue weighted by Crippen LogP contribution is -2.50. The number of hydrogen-bond donors (Lipinski definition) is 2. The van der Waals surface area contributed by atoms with Gasteiger partial charge in [-0.3, -0.25) is 0 Å². The van der Waals surface area contributed by atoms with E-state index in [0.29, 0.717) is 25.9 Å². The quantitative estimate of drug-likeness (QED) is 0.756. The number of sulfonamides is 1. The summed E-state index contributed by atoms with van der Waals surface area (Å²) in [4.78, 5) is 14.2. The third kappa shape index (κ3) is 5.55. The van der Waals surface area contributed by atoms with E-state index in [2.05, 4.69) is 10.0 Å². The fourth-order valence-corrected chi connectivity index (χ4v) is 4.64. The number of amides is 2. The molecule has 2 aromatic carbocycles. The number of carbonyl (C=O) groups excluding carboxylic acids is 1. The van der Waals surface area contributed by atoms with Gasteiger partial charge in [-0.05, 0) is 48.6 Å². The molecule has 0 aromatic heterocycles. The van der Waals surface area contributed by atoms with Crippen LogP contribution in [0, 0.1) is 5.82 Å². The van der Waals surface area contributed by atoms with Crippen LogP contribution in [0.2, 0.25) is 0 Å². The van der Waals surface area contributed by atoms with E-state index in [9.17, 15) is 17.6 Å². The topological polar surface area (TPSA) is 78.5 Å². The molecule has 0 aliphatic carbocycles. The molecule has 0 unspecified atom stereocenters. The standard InChI is InChI=1S/C21H26FN3O3S/c1-3-23-21(26)25-11-10-19(24-29(2,27)28)20(25)13-15-6-4-7-16(12-15)17-8-5-9-18(22)14-17/h4-9,12,14,19-20,24H,3,10-11,13H2,1-2H3,(H,23,26)/t19-,20-/m0/s1. The molecule has 1 saturated heterocycles. The molecule has 2 amide bonds. The fraction of sp³-hybridized carbons (Fsp3) is 0.381. The molecule has 0 spiro atoms. The molecule has 29 heavy (non-hydrogen) atoms. The highest BCUT2D eigenvalue weighted by Crippen LogP contribution is 2.26. The molecule has 0 radical (unpaired) electrons. The number of nitrogens with one attached hydrogen (secondary N) is 2. The van der Waals surface area contributed by atoms with Gasteiger partial charge in [-0.25, -0.2) is 22.3 Å². The van der Waals surface area contributed by atoms with Crippen LogP contribution in [-0.4, -0.2) is 50.8 Å². The molecule has 0 bridgehead atoms. The lowest BCUT2D eigenvalue weighted by Gasteiger charge is -2.28. The van der Waals surface area contributed by atoms with Gasteiger partial charge in [0.25, 0.3) is 0 Å². The molecule has 6 nitrogen and oxygen atoms in total. The van der Waals surface area contributed by atoms with E-state index < -0.39 is 10.0 Å². The molecule has 1 fully saturated rings. The average Bonchev–Trinajstić information content (AvgIpc) is 3.03. The maximum atomic E-state index is 13.6. The van der Waals surface area contributed by atoms with Crippen LogP contribution >= 0.6 is 0 Å². The van der Waals surface area contributed by atoms with E-state index in [1.54, 1.807) is 11.0 Å². The highest BCUT2D eigenvalue weighted by Gasteiger charge is 2.38. The normalized spacial score (nSPS) is 19.3. The van der Waals surface area contributed by atoms with Crippen molar-refractivity contribution < 1.29 is 17.6 Å². The number of likely N-dealkylation sites (tertiary alicyclic amines) is 1. The van der Waals surface area contributed by atoms with Gasteiger partial charge in [0.2, 0.25) is 10.0 Å². The van der Waals surface area contributed by atoms with Gasteiger partial charge in [-0.15, -0.1) is 0 Å². The Hall–Kier alpha value is -2.45. The maximum Gasteiger partial charge on any atom is 0.317 e. The Labute approximate surface area is 171 Å².